The summed E-state index contributed by atoms with van der Waals surface area (Å²) in [5.74, 6) is -3.93. The Bertz CT molecular complexity index is 1010. The summed E-state index contributed by atoms with van der Waals surface area (Å²) in [7, 11) is 0. The molecule has 1 aliphatic heterocycles. The van der Waals surface area contributed by atoms with Gasteiger partial charge in [-0.15, -0.1) is 11.3 Å². The summed E-state index contributed by atoms with van der Waals surface area (Å²) in [4.78, 5) is 43.1. The molecule has 0 saturated carbocycles. The largest absolute Gasteiger partial charge is 0.300 e. The fraction of sp³-hybridized carbons (Fsp3) is 0.300. The number of thiazole rings is 1. The van der Waals surface area contributed by atoms with E-state index in [1.165, 1.54) is 13.0 Å². The molecule has 3 amide bonds. The molecule has 0 radical (unpaired) electrons. The third-order valence-electron chi connectivity index (χ3n) is 5.26. The normalized spacial score (nSPS) is 22.0. The summed E-state index contributed by atoms with van der Waals surface area (Å²) in [6.07, 6.45) is 4.78. The van der Waals surface area contributed by atoms with Crippen LogP contribution in [0, 0.1) is 23.5 Å². The van der Waals surface area contributed by atoms with Crippen molar-refractivity contribution in [3.8, 4) is 11.3 Å². The number of allylic oxidation sites excluding steroid dienone is 2. The molecule has 0 spiro atoms. The van der Waals surface area contributed by atoms with Crippen LogP contribution in [0.1, 0.15) is 19.8 Å². The number of likely N-dealkylation sites (tertiary alicyclic amines) is 1. The first-order valence-electron chi connectivity index (χ1n) is 9.10. The highest BCUT2D eigenvalue weighted by Gasteiger charge is 2.50. The maximum absolute atomic E-state index is 13.4. The molecule has 150 valence electrons. The Morgan fingerprint density at radius 3 is 2.45 bits per heavy atom. The first-order valence-corrected chi connectivity index (χ1v) is 9.98. The number of imide groups is 1. The molecule has 1 N–H and O–H groups in total. The molecule has 4 rings (SSSR count). The molecule has 2 heterocycles. The van der Waals surface area contributed by atoms with Gasteiger partial charge in [0.25, 0.3) is 0 Å². The fourth-order valence-electron chi connectivity index (χ4n) is 3.65. The van der Waals surface area contributed by atoms with E-state index in [4.69, 9.17) is 0 Å². The quantitative estimate of drug-likeness (QED) is 0.611. The van der Waals surface area contributed by atoms with Crippen molar-refractivity contribution in [1.29, 1.82) is 0 Å². The Labute approximate surface area is 169 Å². The maximum Gasteiger partial charge on any atom is 0.249 e. The van der Waals surface area contributed by atoms with Gasteiger partial charge in [0.15, 0.2) is 16.8 Å². The van der Waals surface area contributed by atoms with Crippen LogP contribution < -0.4 is 5.32 Å². The number of carbonyl (C=O) groups is 3. The first kappa shape index (κ1) is 19.4. The van der Waals surface area contributed by atoms with Gasteiger partial charge in [-0.05, 0) is 38.0 Å². The van der Waals surface area contributed by atoms with E-state index in [-0.39, 0.29) is 16.9 Å². The van der Waals surface area contributed by atoms with Crippen molar-refractivity contribution in [3.05, 3.63) is 47.4 Å². The second kappa shape index (κ2) is 7.47. The molecule has 0 unspecified atom stereocenters. The molecule has 6 nitrogen and oxygen atoms in total. The molecule has 9 heteroatoms. The van der Waals surface area contributed by atoms with Gasteiger partial charge < -0.3 is 5.32 Å². The summed E-state index contributed by atoms with van der Waals surface area (Å²) in [6.45, 7) is 1.50. The second-order valence-corrected chi connectivity index (χ2v) is 7.89. The molecule has 29 heavy (non-hydrogen) atoms. The highest BCUT2D eigenvalue weighted by atomic mass is 32.1. The monoisotopic (exact) mass is 417 g/mol. The van der Waals surface area contributed by atoms with Crippen LogP contribution >= 0.6 is 11.3 Å². The molecule has 1 aromatic carbocycles. The minimum absolute atomic E-state index is 0.236. The first-order chi connectivity index (χ1) is 13.9. The van der Waals surface area contributed by atoms with E-state index in [1.807, 2.05) is 12.2 Å². The van der Waals surface area contributed by atoms with Crippen LogP contribution in [0.3, 0.4) is 0 Å². The Kier molecular flexibility index (Phi) is 4.99. The van der Waals surface area contributed by atoms with Crippen molar-refractivity contribution in [3.63, 3.8) is 0 Å². The molecule has 1 aliphatic carbocycles. The van der Waals surface area contributed by atoms with E-state index in [1.54, 1.807) is 5.38 Å². The lowest BCUT2D eigenvalue weighted by atomic mass is 9.85. The number of fused-ring (bicyclic) bond motifs is 1. The molecule has 1 fully saturated rings. The Balaban J connectivity index is 1.47. The molecule has 2 aromatic rings. The van der Waals surface area contributed by atoms with Gasteiger partial charge in [0.1, 0.15) is 6.04 Å². The molecule has 1 saturated heterocycles. The number of nitrogens with one attached hydrogen (secondary N) is 1. The average Bonchev–Trinajstić information content (AvgIpc) is 3.27. The van der Waals surface area contributed by atoms with Crippen LogP contribution in [-0.4, -0.2) is 33.6 Å². The SMILES string of the molecule is C[C@@H](C(=O)Nc1nc(-c2ccc(F)c(F)c2)cs1)N1C(=O)[C@H]2CC=CC[C@H]2C1=O. The Hall–Kier alpha value is -2.94. The summed E-state index contributed by atoms with van der Waals surface area (Å²) in [5.41, 5.74) is 0.748. The number of hydrogen-bond donors (Lipinski definition) is 1. The third kappa shape index (κ3) is 3.46. The van der Waals surface area contributed by atoms with Crippen LogP contribution in [-0.2, 0) is 14.4 Å². The lowest BCUT2D eigenvalue weighted by Crippen LogP contribution is -2.46. The molecule has 3 atom stereocenters. The lowest BCUT2D eigenvalue weighted by molar-refractivity contribution is -0.146. The van der Waals surface area contributed by atoms with Gasteiger partial charge in [-0.3, -0.25) is 19.3 Å². The number of aromatic nitrogens is 1. The molecular formula is C20H17F2N3O3S. The molecule has 0 bridgehead atoms. The number of carbonyl (C=O) groups excluding carboxylic acids is 3. The topological polar surface area (TPSA) is 79.4 Å². The van der Waals surface area contributed by atoms with Gasteiger partial charge in [0.05, 0.1) is 17.5 Å². The predicted octanol–water partition coefficient (Wildman–Crippen LogP) is 3.37. The zero-order chi connectivity index (χ0) is 20.7. The van der Waals surface area contributed by atoms with E-state index < -0.39 is 35.4 Å². The van der Waals surface area contributed by atoms with Crippen molar-refractivity contribution in [2.24, 2.45) is 11.8 Å². The Morgan fingerprint density at radius 2 is 1.83 bits per heavy atom. The van der Waals surface area contributed by atoms with Gasteiger partial charge in [0, 0.05) is 10.9 Å². The summed E-state index contributed by atoms with van der Waals surface area (Å²) < 4.78 is 26.5. The van der Waals surface area contributed by atoms with Crippen molar-refractivity contribution in [2.75, 3.05) is 5.32 Å². The second-order valence-electron chi connectivity index (χ2n) is 7.03. The summed E-state index contributed by atoms with van der Waals surface area (Å²) in [5, 5.41) is 4.43. The zero-order valence-electron chi connectivity index (χ0n) is 15.4. The summed E-state index contributed by atoms with van der Waals surface area (Å²) in [6, 6.07) is 2.44. The van der Waals surface area contributed by atoms with E-state index in [0.29, 0.717) is 24.1 Å². The molecule has 1 aromatic heterocycles. The average molecular weight is 417 g/mol. The summed E-state index contributed by atoms with van der Waals surface area (Å²) >= 11 is 1.11. The minimum atomic E-state index is -0.989. The van der Waals surface area contributed by atoms with Gasteiger partial charge >= 0.3 is 0 Å². The smallest absolute Gasteiger partial charge is 0.249 e. The number of hydrogen-bond acceptors (Lipinski definition) is 5. The number of nitrogens with zero attached hydrogens (tertiary/aromatic N) is 2. The van der Waals surface area contributed by atoms with E-state index in [9.17, 15) is 23.2 Å². The van der Waals surface area contributed by atoms with Crippen LogP contribution in [0.2, 0.25) is 0 Å². The highest BCUT2D eigenvalue weighted by molar-refractivity contribution is 7.14. The van der Waals surface area contributed by atoms with Crippen LogP contribution in [0.4, 0.5) is 13.9 Å². The van der Waals surface area contributed by atoms with Gasteiger partial charge in [-0.1, -0.05) is 12.2 Å². The third-order valence-corrected chi connectivity index (χ3v) is 6.02. The molecular weight excluding hydrogens is 400 g/mol. The van der Waals surface area contributed by atoms with Crippen LogP contribution in [0.15, 0.2) is 35.7 Å². The number of amides is 3. The van der Waals surface area contributed by atoms with Gasteiger partial charge in [-0.2, -0.15) is 0 Å². The predicted molar refractivity (Wildman–Crippen MR) is 103 cm³/mol. The van der Waals surface area contributed by atoms with Crippen molar-refractivity contribution in [2.45, 2.75) is 25.8 Å². The Morgan fingerprint density at radius 1 is 1.17 bits per heavy atom. The number of benzene rings is 1. The van der Waals surface area contributed by atoms with E-state index >= 15 is 0 Å². The van der Waals surface area contributed by atoms with Crippen molar-refractivity contribution < 1.29 is 23.2 Å². The van der Waals surface area contributed by atoms with Gasteiger partial charge in [-0.25, -0.2) is 13.8 Å². The van der Waals surface area contributed by atoms with Crippen molar-refractivity contribution in [1.82, 2.24) is 9.88 Å². The highest BCUT2D eigenvalue weighted by Crippen LogP contribution is 2.36. The molecule has 2 aliphatic rings. The van der Waals surface area contributed by atoms with Crippen LogP contribution in [0.5, 0.6) is 0 Å². The van der Waals surface area contributed by atoms with E-state index in [2.05, 4.69) is 10.3 Å². The number of halogens is 2. The van der Waals surface area contributed by atoms with Crippen LogP contribution in [0.25, 0.3) is 11.3 Å². The maximum atomic E-state index is 13.4. The standard InChI is InChI=1S/C20H17F2N3O3S/c1-10(25-18(27)12-4-2-3-5-13(12)19(25)28)17(26)24-20-23-16(9-29-20)11-6-7-14(21)15(22)8-11/h2-3,6-10,12-13H,4-5H2,1H3,(H,23,24,26)/t10-,12-,13+/m0/s1. The minimum Gasteiger partial charge on any atom is -0.300 e. The fourth-order valence-corrected chi connectivity index (χ4v) is 4.38. The zero-order valence-corrected chi connectivity index (χ0v) is 16.2. The van der Waals surface area contributed by atoms with Crippen molar-refractivity contribution >= 4 is 34.2 Å². The lowest BCUT2D eigenvalue weighted by Gasteiger charge is -2.21. The van der Waals surface area contributed by atoms with Gasteiger partial charge in [0.2, 0.25) is 17.7 Å². The van der Waals surface area contributed by atoms with E-state index in [0.717, 1.165) is 28.4 Å². The number of anilines is 1. The number of rotatable bonds is 4.